The van der Waals surface area contributed by atoms with Crippen LogP contribution in [0.4, 0.5) is 0 Å². The van der Waals surface area contributed by atoms with E-state index >= 15 is 0 Å². The molecule has 1 heterocycles. The molecule has 0 saturated heterocycles. The van der Waals surface area contributed by atoms with Gasteiger partial charge in [0.2, 0.25) is 0 Å². The number of aromatic nitrogens is 1. The number of halogens is 1. The molecule has 1 amide bonds. The number of carbonyl (C=O) groups is 1. The number of carbonyl (C=O) groups excluding carboxylic acids is 1. The molecule has 1 aromatic heterocycles. The highest BCUT2D eigenvalue weighted by Gasteiger charge is 2.11. The molecule has 6 heteroatoms. The summed E-state index contributed by atoms with van der Waals surface area (Å²) in [5.74, 6) is 1.01. The van der Waals surface area contributed by atoms with Gasteiger partial charge in [0.05, 0.1) is 0 Å². The molecule has 0 spiro atoms. The first-order chi connectivity index (χ1) is 10.5. The third-order valence-corrected chi connectivity index (χ3v) is 4.19. The summed E-state index contributed by atoms with van der Waals surface area (Å²) in [5.41, 5.74) is 1.41. The lowest BCUT2D eigenvalue weighted by Gasteiger charge is -2.06. The van der Waals surface area contributed by atoms with Crippen molar-refractivity contribution in [2.75, 3.05) is 6.54 Å². The number of ether oxygens (including phenoxy) is 1. The molecule has 118 valence electrons. The van der Waals surface area contributed by atoms with Gasteiger partial charge in [-0.3, -0.25) is 4.79 Å². The van der Waals surface area contributed by atoms with Crippen LogP contribution in [-0.2, 0) is 6.61 Å². The first-order valence-electron chi connectivity index (χ1n) is 7.07. The predicted molar refractivity (Wildman–Crippen MR) is 89.8 cm³/mol. The van der Waals surface area contributed by atoms with E-state index in [1.54, 1.807) is 11.4 Å². The summed E-state index contributed by atoms with van der Waals surface area (Å²) < 4.78 is 5.68. The van der Waals surface area contributed by atoms with Gasteiger partial charge >= 0.3 is 0 Å². The van der Waals surface area contributed by atoms with Gasteiger partial charge in [-0.2, -0.15) is 0 Å². The van der Waals surface area contributed by atoms with Crippen LogP contribution in [0.3, 0.4) is 0 Å². The Balaban J connectivity index is 1.91. The van der Waals surface area contributed by atoms with E-state index in [9.17, 15) is 4.79 Å². The van der Waals surface area contributed by atoms with E-state index in [0.717, 1.165) is 16.3 Å². The van der Waals surface area contributed by atoms with Crippen LogP contribution in [0.5, 0.6) is 5.75 Å². The molecule has 2 rings (SSSR count). The van der Waals surface area contributed by atoms with Crippen molar-refractivity contribution in [3.05, 3.63) is 44.9 Å². The zero-order chi connectivity index (χ0) is 16.1. The van der Waals surface area contributed by atoms with E-state index in [0.29, 0.717) is 29.8 Å². The number of nitrogens with zero attached hydrogens (tertiary/aromatic N) is 1. The van der Waals surface area contributed by atoms with Crippen LogP contribution in [0, 0.1) is 12.8 Å². The Labute approximate surface area is 139 Å². The number of hydrogen-bond donors (Lipinski definition) is 1. The van der Waals surface area contributed by atoms with Crippen molar-refractivity contribution in [1.82, 2.24) is 10.3 Å². The maximum Gasteiger partial charge on any atom is 0.270 e. The Kier molecular flexibility index (Phi) is 5.80. The number of thiazole rings is 1. The van der Waals surface area contributed by atoms with Gasteiger partial charge in [-0.05, 0) is 36.6 Å². The number of rotatable bonds is 6. The van der Waals surface area contributed by atoms with Gasteiger partial charge < -0.3 is 10.1 Å². The van der Waals surface area contributed by atoms with Gasteiger partial charge in [0.1, 0.15) is 23.1 Å². The van der Waals surface area contributed by atoms with Crippen molar-refractivity contribution in [3.8, 4) is 5.75 Å². The Hall–Kier alpha value is -1.59. The minimum absolute atomic E-state index is 0.140. The topological polar surface area (TPSA) is 51.2 Å². The van der Waals surface area contributed by atoms with Gasteiger partial charge in [-0.1, -0.05) is 25.4 Å². The number of amides is 1. The molecule has 0 unspecified atom stereocenters. The van der Waals surface area contributed by atoms with E-state index in [1.807, 2.05) is 19.1 Å². The van der Waals surface area contributed by atoms with Crippen LogP contribution in [-0.4, -0.2) is 17.4 Å². The zero-order valence-corrected chi connectivity index (χ0v) is 14.4. The number of aryl methyl sites for hydroxylation is 1. The third-order valence-electron chi connectivity index (χ3n) is 2.95. The summed E-state index contributed by atoms with van der Waals surface area (Å²) in [7, 11) is 0. The maximum atomic E-state index is 11.9. The summed E-state index contributed by atoms with van der Waals surface area (Å²) >= 11 is 7.39. The SMILES string of the molecule is Cc1cc(OCc2nc(C(=O)NCC(C)C)cs2)ccc1Cl. The van der Waals surface area contributed by atoms with Crippen LogP contribution >= 0.6 is 22.9 Å². The van der Waals surface area contributed by atoms with Gasteiger partial charge in [0.25, 0.3) is 5.91 Å². The van der Waals surface area contributed by atoms with Gasteiger partial charge in [-0.25, -0.2) is 4.98 Å². The third kappa shape index (κ3) is 4.71. The Bertz CT molecular complexity index is 655. The lowest BCUT2D eigenvalue weighted by molar-refractivity contribution is 0.0944. The molecule has 0 radical (unpaired) electrons. The van der Waals surface area contributed by atoms with Crippen LogP contribution in [0.1, 0.15) is 34.9 Å². The molecule has 0 aliphatic heterocycles. The number of benzene rings is 1. The van der Waals surface area contributed by atoms with Crippen molar-refractivity contribution in [2.45, 2.75) is 27.4 Å². The molecule has 0 fully saturated rings. The maximum absolute atomic E-state index is 11.9. The first-order valence-corrected chi connectivity index (χ1v) is 8.33. The molecule has 1 aromatic carbocycles. The van der Waals surface area contributed by atoms with Gasteiger partial charge in [0, 0.05) is 16.9 Å². The zero-order valence-electron chi connectivity index (χ0n) is 12.9. The smallest absolute Gasteiger partial charge is 0.270 e. The Morgan fingerprint density at radius 1 is 1.45 bits per heavy atom. The quantitative estimate of drug-likeness (QED) is 0.863. The molecular weight excluding hydrogens is 320 g/mol. The average molecular weight is 339 g/mol. The van der Waals surface area contributed by atoms with Crippen molar-refractivity contribution >= 4 is 28.8 Å². The molecule has 1 N–H and O–H groups in total. The molecule has 0 atom stereocenters. The van der Waals surface area contributed by atoms with Crippen molar-refractivity contribution in [1.29, 1.82) is 0 Å². The second-order valence-corrected chi connectivity index (χ2v) is 6.78. The normalized spacial score (nSPS) is 10.8. The second-order valence-electron chi connectivity index (χ2n) is 5.43. The molecular formula is C16H19ClN2O2S. The van der Waals surface area contributed by atoms with E-state index < -0.39 is 0 Å². The highest BCUT2D eigenvalue weighted by Crippen LogP contribution is 2.22. The highest BCUT2D eigenvalue weighted by atomic mass is 35.5. The van der Waals surface area contributed by atoms with Crippen molar-refractivity contribution in [2.24, 2.45) is 5.92 Å². The van der Waals surface area contributed by atoms with Gasteiger partial charge in [0.15, 0.2) is 0 Å². The lowest BCUT2D eigenvalue weighted by Crippen LogP contribution is -2.27. The van der Waals surface area contributed by atoms with E-state index in [1.165, 1.54) is 11.3 Å². The highest BCUT2D eigenvalue weighted by molar-refractivity contribution is 7.09. The summed E-state index contributed by atoms with van der Waals surface area (Å²) in [6.07, 6.45) is 0. The van der Waals surface area contributed by atoms with Crippen molar-refractivity contribution < 1.29 is 9.53 Å². The summed E-state index contributed by atoms with van der Waals surface area (Å²) in [4.78, 5) is 16.2. The molecule has 22 heavy (non-hydrogen) atoms. The van der Waals surface area contributed by atoms with Crippen LogP contribution in [0.2, 0.25) is 5.02 Å². The molecule has 2 aromatic rings. The van der Waals surface area contributed by atoms with Gasteiger partial charge in [-0.15, -0.1) is 11.3 Å². The van der Waals surface area contributed by atoms with E-state index in [-0.39, 0.29) is 5.91 Å². The number of nitrogens with one attached hydrogen (secondary N) is 1. The number of hydrogen-bond acceptors (Lipinski definition) is 4. The predicted octanol–water partition coefficient (Wildman–Crippen LogP) is 4.07. The average Bonchev–Trinajstić information content (AvgIpc) is 2.95. The minimum Gasteiger partial charge on any atom is -0.486 e. The molecule has 0 saturated carbocycles. The molecule has 0 aliphatic rings. The molecule has 4 nitrogen and oxygen atoms in total. The Morgan fingerprint density at radius 3 is 2.91 bits per heavy atom. The fourth-order valence-electron chi connectivity index (χ4n) is 1.72. The molecule has 0 aliphatic carbocycles. The summed E-state index contributed by atoms with van der Waals surface area (Å²) in [6, 6.07) is 5.50. The minimum atomic E-state index is -0.140. The summed E-state index contributed by atoms with van der Waals surface area (Å²) in [5, 5.41) is 6.08. The molecule has 0 bridgehead atoms. The largest absolute Gasteiger partial charge is 0.486 e. The van der Waals surface area contributed by atoms with E-state index in [2.05, 4.69) is 24.1 Å². The van der Waals surface area contributed by atoms with E-state index in [4.69, 9.17) is 16.3 Å². The second kappa shape index (κ2) is 7.61. The summed E-state index contributed by atoms with van der Waals surface area (Å²) in [6.45, 7) is 7.01. The standard InChI is InChI=1S/C16H19ClN2O2S/c1-10(2)7-18-16(20)14-9-22-15(19-14)8-21-12-4-5-13(17)11(3)6-12/h4-6,9-10H,7-8H2,1-3H3,(H,18,20). The fourth-order valence-corrected chi connectivity index (χ4v) is 2.52. The van der Waals surface area contributed by atoms with Crippen LogP contribution in [0.15, 0.2) is 23.6 Å². The van der Waals surface area contributed by atoms with Crippen LogP contribution in [0.25, 0.3) is 0 Å². The Morgan fingerprint density at radius 2 is 2.23 bits per heavy atom. The monoisotopic (exact) mass is 338 g/mol. The van der Waals surface area contributed by atoms with Crippen molar-refractivity contribution in [3.63, 3.8) is 0 Å². The first kappa shape index (κ1) is 16.8. The van der Waals surface area contributed by atoms with Crippen LogP contribution < -0.4 is 10.1 Å². The fraction of sp³-hybridized carbons (Fsp3) is 0.375. The lowest BCUT2D eigenvalue weighted by atomic mass is 10.2.